The summed E-state index contributed by atoms with van der Waals surface area (Å²) in [5.74, 6) is 0.912. The summed E-state index contributed by atoms with van der Waals surface area (Å²) in [4.78, 5) is 12.0. The molecule has 0 aromatic rings. The van der Waals surface area contributed by atoms with Crippen LogP contribution >= 0.6 is 0 Å². The summed E-state index contributed by atoms with van der Waals surface area (Å²) in [6, 6.07) is 0. The first-order chi connectivity index (χ1) is 10.9. The van der Waals surface area contributed by atoms with E-state index in [1.165, 1.54) is 31.3 Å². The van der Waals surface area contributed by atoms with Crippen molar-refractivity contribution in [3.05, 3.63) is 11.6 Å². The van der Waals surface area contributed by atoms with Gasteiger partial charge in [0.1, 0.15) is 0 Å². The number of carbonyl (C=O) groups is 1. The van der Waals surface area contributed by atoms with Crippen LogP contribution in [0.1, 0.15) is 65.2 Å². The maximum atomic E-state index is 12.0. The quantitative estimate of drug-likeness (QED) is 0.756. The van der Waals surface area contributed by atoms with Gasteiger partial charge in [0.05, 0.1) is 12.0 Å². The van der Waals surface area contributed by atoms with Crippen molar-refractivity contribution >= 4 is 5.97 Å². The number of allylic oxidation sites excluding steroid dienone is 1. The van der Waals surface area contributed by atoms with Crippen LogP contribution in [0, 0.1) is 34.0 Å². The van der Waals surface area contributed by atoms with Gasteiger partial charge in [-0.2, -0.15) is 0 Å². The molecule has 0 radical (unpaired) electrons. The molecule has 0 saturated heterocycles. The van der Waals surface area contributed by atoms with Gasteiger partial charge in [-0.15, -0.1) is 0 Å². The Bertz CT molecular complexity index is 567. The van der Waals surface area contributed by atoms with Crippen LogP contribution in [-0.2, 0) is 4.79 Å². The third-order valence-corrected chi connectivity index (χ3v) is 8.46. The number of carboxylic acids is 1. The Hall–Kier alpha value is -0.830. The van der Waals surface area contributed by atoms with Gasteiger partial charge in [0.2, 0.25) is 0 Å². The van der Waals surface area contributed by atoms with Crippen LogP contribution in [0.5, 0.6) is 0 Å². The minimum Gasteiger partial charge on any atom is -0.481 e. The Morgan fingerprint density at radius 1 is 1.17 bits per heavy atom. The molecule has 23 heavy (non-hydrogen) atoms. The smallest absolute Gasteiger partial charge is 0.309 e. The van der Waals surface area contributed by atoms with Gasteiger partial charge >= 0.3 is 5.97 Å². The van der Waals surface area contributed by atoms with E-state index in [-0.39, 0.29) is 17.4 Å². The zero-order chi connectivity index (χ0) is 16.5. The van der Waals surface area contributed by atoms with Gasteiger partial charge in [-0.1, -0.05) is 19.4 Å². The lowest BCUT2D eigenvalue weighted by molar-refractivity contribution is -0.177. The Balaban J connectivity index is 1.75. The molecule has 4 rings (SSSR count). The maximum absolute atomic E-state index is 12.0. The van der Waals surface area contributed by atoms with Crippen LogP contribution in [0.3, 0.4) is 0 Å². The van der Waals surface area contributed by atoms with Crippen molar-refractivity contribution < 1.29 is 15.0 Å². The molecule has 0 heterocycles. The molecule has 1 spiro atoms. The van der Waals surface area contributed by atoms with Gasteiger partial charge in [0.25, 0.3) is 0 Å². The normalized spacial score (nSPS) is 51.6. The van der Waals surface area contributed by atoms with Crippen LogP contribution < -0.4 is 0 Å². The molecule has 2 unspecified atom stereocenters. The second-order valence-electron chi connectivity index (χ2n) is 9.31. The number of hydrogen-bond acceptors (Lipinski definition) is 2. The molecule has 0 aromatic heterocycles. The zero-order valence-corrected chi connectivity index (χ0v) is 14.5. The molecule has 3 fully saturated rings. The maximum Gasteiger partial charge on any atom is 0.309 e. The SMILES string of the molecule is C[C@@]12CCC[C@@](C)(C(=O)O)C1CC[C@]13C=C(CO)[C@@H](CCC12)C3. The number of carboxylic acid groups (broad SMARTS) is 1. The number of aliphatic hydroxyl groups excluding tert-OH is 1. The molecular formula is C20H30O3. The Labute approximate surface area is 139 Å². The zero-order valence-electron chi connectivity index (χ0n) is 14.5. The molecule has 3 saturated carbocycles. The van der Waals surface area contributed by atoms with Crippen LogP contribution in [-0.4, -0.2) is 22.8 Å². The fraction of sp³-hybridized carbons (Fsp3) is 0.850. The Morgan fingerprint density at radius 2 is 1.96 bits per heavy atom. The first-order valence-electron chi connectivity index (χ1n) is 9.42. The summed E-state index contributed by atoms with van der Waals surface area (Å²) in [7, 11) is 0. The Morgan fingerprint density at radius 3 is 2.65 bits per heavy atom. The predicted octanol–water partition coefficient (Wildman–Crippen LogP) is 4.01. The summed E-state index contributed by atoms with van der Waals surface area (Å²) in [5.41, 5.74) is 1.12. The second kappa shape index (κ2) is 4.84. The molecule has 3 nitrogen and oxygen atoms in total. The largest absolute Gasteiger partial charge is 0.481 e. The highest BCUT2D eigenvalue weighted by Crippen LogP contribution is 2.70. The summed E-state index contributed by atoms with van der Waals surface area (Å²) < 4.78 is 0. The van der Waals surface area contributed by atoms with E-state index in [4.69, 9.17) is 0 Å². The molecule has 4 aliphatic carbocycles. The highest BCUT2D eigenvalue weighted by molar-refractivity contribution is 5.75. The number of aliphatic hydroxyl groups is 1. The fourth-order valence-electron chi connectivity index (χ4n) is 7.48. The van der Waals surface area contributed by atoms with Crippen molar-refractivity contribution in [2.75, 3.05) is 6.61 Å². The molecule has 0 amide bonds. The van der Waals surface area contributed by atoms with Crippen molar-refractivity contribution in [2.24, 2.45) is 34.0 Å². The van der Waals surface area contributed by atoms with E-state index in [1.807, 2.05) is 6.92 Å². The lowest BCUT2D eigenvalue weighted by Gasteiger charge is -2.63. The highest BCUT2D eigenvalue weighted by Gasteiger charge is 2.64. The van der Waals surface area contributed by atoms with Crippen LogP contribution in [0.25, 0.3) is 0 Å². The minimum atomic E-state index is -0.587. The fourth-order valence-corrected chi connectivity index (χ4v) is 7.48. The van der Waals surface area contributed by atoms with Crippen LogP contribution in [0.2, 0.25) is 0 Å². The van der Waals surface area contributed by atoms with Crippen molar-refractivity contribution in [2.45, 2.75) is 65.2 Å². The van der Waals surface area contributed by atoms with E-state index in [0.29, 0.717) is 17.8 Å². The lowest BCUT2D eigenvalue weighted by Crippen LogP contribution is -2.58. The number of hydrogen-bond donors (Lipinski definition) is 2. The van der Waals surface area contributed by atoms with Gasteiger partial charge in [0, 0.05) is 0 Å². The molecular weight excluding hydrogens is 288 g/mol. The average Bonchev–Trinajstić information content (AvgIpc) is 2.77. The summed E-state index contributed by atoms with van der Waals surface area (Å²) >= 11 is 0. The summed E-state index contributed by atoms with van der Waals surface area (Å²) in [5, 5.41) is 19.6. The van der Waals surface area contributed by atoms with E-state index in [2.05, 4.69) is 13.0 Å². The van der Waals surface area contributed by atoms with E-state index in [0.717, 1.165) is 25.7 Å². The summed E-state index contributed by atoms with van der Waals surface area (Å²) in [6.45, 7) is 4.62. The highest BCUT2D eigenvalue weighted by atomic mass is 16.4. The van der Waals surface area contributed by atoms with Gasteiger partial charge in [-0.05, 0) is 86.0 Å². The first kappa shape index (κ1) is 15.7. The standard InChI is InChI=1S/C20H30O3/c1-18-7-3-8-19(2,17(22)23)15(18)6-9-20-10-13(4-5-16(18)20)14(11-20)12-21/h11,13,15-16,21H,3-10,12H2,1-2H3,(H,22,23)/t13-,15?,16?,18+,19+,20-/m0/s1. The molecule has 128 valence electrons. The number of aliphatic carboxylic acids is 1. The monoisotopic (exact) mass is 318 g/mol. The van der Waals surface area contributed by atoms with Crippen LogP contribution in [0.4, 0.5) is 0 Å². The first-order valence-corrected chi connectivity index (χ1v) is 9.42. The van der Waals surface area contributed by atoms with E-state index in [9.17, 15) is 15.0 Å². The number of rotatable bonds is 2. The van der Waals surface area contributed by atoms with Crippen molar-refractivity contribution in [1.29, 1.82) is 0 Å². The van der Waals surface area contributed by atoms with Crippen LogP contribution in [0.15, 0.2) is 11.6 Å². The van der Waals surface area contributed by atoms with Crippen molar-refractivity contribution in [3.63, 3.8) is 0 Å². The van der Waals surface area contributed by atoms with Crippen molar-refractivity contribution in [1.82, 2.24) is 0 Å². The molecule has 4 aliphatic rings. The number of fused-ring (bicyclic) bond motifs is 3. The molecule has 2 N–H and O–H groups in total. The molecule has 0 aliphatic heterocycles. The molecule has 3 heteroatoms. The summed E-state index contributed by atoms with van der Waals surface area (Å²) in [6.07, 6.45) is 11.3. The lowest BCUT2D eigenvalue weighted by atomic mass is 9.41. The van der Waals surface area contributed by atoms with E-state index >= 15 is 0 Å². The molecule has 2 bridgehead atoms. The topological polar surface area (TPSA) is 57.5 Å². The van der Waals surface area contributed by atoms with Gasteiger partial charge in [-0.3, -0.25) is 4.79 Å². The van der Waals surface area contributed by atoms with Gasteiger partial charge < -0.3 is 10.2 Å². The minimum absolute atomic E-state index is 0.149. The third-order valence-electron chi connectivity index (χ3n) is 8.46. The van der Waals surface area contributed by atoms with E-state index < -0.39 is 11.4 Å². The third kappa shape index (κ3) is 1.89. The Kier molecular flexibility index (Phi) is 3.30. The van der Waals surface area contributed by atoms with E-state index in [1.54, 1.807) is 0 Å². The molecule has 6 atom stereocenters. The predicted molar refractivity (Wildman–Crippen MR) is 88.9 cm³/mol. The van der Waals surface area contributed by atoms with Gasteiger partial charge in [-0.25, -0.2) is 0 Å². The van der Waals surface area contributed by atoms with Gasteiger partial charge in [0.15, 0.2) is 0 Å². The second-order valence-corrected chi connectivity index (χ2v) is 9.31. The van der Waals surface area contributed by atoms with Crippen molar-refractivity contribution in [3.8, 4) is 0 Å². The molecule has 0 aromatic carbocycles. The average molecular weight is 318 g/mol.